The van der Waals surface area contributed by atoms with Crippen LogP contribution in [0.3, 0.4) is 0 Å². The van der Waals surface area contributed by atoms with Crippen molar-refractivity contribution >= 4 is 23.5 Å². The van der Waals surface area contributed by atoms with Gasteiger partial charge in [0, 0.05) is 36.2 Å². The molecule has 2 unspecified atom stereocenters. The van der Waals surface area contributed by atoms with E-state index in [4.69, 9.17) is 16.3 Å². The van der Waals surface area contributed by atoms with Crippen molar-refractivity contribution in [3.8, 4) is 0 Å². The van der Waals surface area contributed by atoms with Gasteiger partial charge < -0.3 is 15.4 Å². The van der Waals surface area contributed by atoms with Gasteiger partial charge in [-0.2, -0.15) is 4.99 Å². The van der Waals surface area contributed by atoms with Crippen LogP contribution in [-0.2, 0) is 4.74 Å². The minimum absolute atomic E-state index is 0.0661. The number of benzene rings is 2. The molecule has 2 aromatic rings. The number of nitrogens with zero attached hydrogens (tertiary/aromatic N) is 1. The minimum Gasteiger partial charge on any atom is -0.383 e. The molecule has 1 aliphatic rings. The molecule has 4 N–H and O–H groups in total. The van der Waals surface area contributed by atoms with Crippen LogP contribution in [0, 0.1) is 5.82 Å². The van der Waals surface area contributed by atoms with E-state index in [-0.39, 0.29) is 29.8 Å². The number of amides is 1. The van der Waals surface area contributed by atoms with Crippen LogP contribution in [0.5, 0.6) is 0 Å². The number of carbonyl (C=O) groups excluding carboxylic acids is 1. The van der Waals surface area contributed by atoms with Crippen molar-refractivity contribution in [1.29, 1.82) is 0 Å². The molecule has 0 spiro atoms. The lowest BCUT2D eigenvalue weighted by Crippen LogP contribution is -2.52. The number of nitrogens with one attached hydrogen (secondary N) is 4. The highest BCUT2D eigenvalue weighted by atomic mass is 35.5. The van der Waals surface area contributed by atoms with E-state index in [0.717, 1.165) is 11.6 Å². The highest BCUT2D eigenvalue weighted by molar-refractivity contribution is 6.30. The van der Waals surface area contributed by atoms with Crippen LogP contribution >= 0.6 is 11.6 Å². The number of ether oxygens (including phenoxy) is 1. The predicted molar refractivity (Wildman–Crippen MR) is 115 cm³/mol. The Labute approximate surface area is 180 Å². The Kier molecular flexibility index (Phi) is 7.75. The van der Waals surface area contributed by atoms with Gasteiger partial charge in [0.1, 0.15) is 5.82 Å². The fraction of sp³-hybridized carbons (Fsp3) is 0.333. The molecule has 9 heteroatoms. The standard InChI is InChI=1S/C21H25ClFN5O2/c1-13(12-30-2)24-21(26-20(29)15-4-3-5-17(23)10-15)25-19-11-18(27-28-19)14-6-8-16(22)9-7-14/h3-10,13,18-19,27-28H,11-12H2,1-2H3,(H2,24,25,26,29)/t13-,18?,19?/m0/s1. The number of carbonyl (C=O) groups is 1. The van der Waals surface area contributed by atoms with E-state index < -0.39 is 11.7 Å². The van der Waals surface area contributed by atoms with Gasteiger partial charge in [-0.25, -0.2) is 15.2 Å². The number of rotatable bonds is 6. The van der Waals surface area contributed by atoms with E-state index >= 15 is 0 Å². The van der Waals surface area contributed by atoms with Crippen LogP contribution in [0.1, 0.15) is 35.3 Å². The maximum Gasteiger partial charge on any atom is 0.280 e. The van der Waals surface area contributed by atoms with Crippen molar-refractivity contribution in [1.82, 2.24) is 21.5 Å². The second-order valence-electron chi connectivity index (χ2n) is 7.10. The topological polar surface area (TPSA) is 86.8 Å². The molecule has 1 fully saturated rings. The summed E-state index contributed by atoms with van der Waals surface area (Å²) in [5.74, 6) is -0.752. The van der Waals surface area contributed by atoms with E-state index in [1.807, 2.05) is 31.2 Å². The number of halogens is 2. The van der Waals surface area contributed by atoms with Crippen molar-refractivity contribution in [3.05, 3.63) is 70.5 Å². The number of hydrazine groups is 1. The summed E-state index contributed by atoms with van der Waals surface area (Å²) < 4.78 is 18.6. The Bertz CT molecular complexity index is 893. The molecule has 30 heavy (non-hydrogen) atoms. The first-order chi connectivity index (χ1) is 14.4. The van der Waals surface area contributed by atoms with Crippen molar-refractivity contribution < 1.29 is 13.9 Å². The van der Waals surface area contributed by atoms with Crippen molar-refractivity contribution in [2.24, 2.45) is 4.99 Å². The van der Waals surface area contributed by atoms with Crippen molar-refractivity contribution in [2.45, 2.75) is 31.6 Å². The van der Waals surface area contributed by atoms with Gasteiger partial charge in [-0.1, -0.05) is 29.8 Å². The largest absolute Gasteiger partial charge is 0.383 e. The Morgan fingerprint density at radius 3 is 2.77 bits per heavy atom. The third-order valence-corrected chi connectivity index (χ3v) is 4.82. The average molecular weight is 434 g/mol. The van der Waals surface area contributed by atoms with E-state index in [9.17, 15) is 9.18 Å². The average Bonchev–Trinajstić information content (AvgIpc) is 3.17. The lowest BCUT2D eigenvalue weighted by Gasteiger charge is -2.20. The zero-order valence-electron chi connectivity index (χ0n) is 16.8. The maximum absolute atomic E-state index is 13.5. The molecule has 0 bridgehead atoms. The summed E-state index contributed by atoms with van der Waals surface area (Å²) in [6, 6.07) is 13.0. The molecule has 7 nitrogen and oxygen atoms in total. The minimum atomic E-state index is -0.547. The summed E-state index contributed by atoms with van der Waals surface area (Å²) in [5, 5.41) is 7.02. The number of aliphatic imine (C=N–C) groups is 1. The normalized spacial score (nSPS) is 20.1. The molecule has 3 atom stereocenters. The molecule has 1 saturated heterocycles. The van der Waals surface area contributed by atoms with Crippen LogP contribution in [0.15, 0.2) is 53.5 Å². The fourth-order valence-electron chi connectivity index (χ4n) is 3.15. The van der Waals surface area contributed by atoms with Gasteiger partial charge in [0.15, 0.2) is 0 Å². The first kappa shape index (κ1) is 22.2. The number of guanidine groups is 1. The first-order valence-corrected chi connectivity index (χ1v) is 9.99. The summed E-state index contributed by atoms with van der Waals surface area (Å²) >= 11 is 5.96. The molecule has 160 valence electrons. The highest BCUT2D eigenvalue weighted by Crippen LogP contribution is 2.22. The van der Waals surface area contributed by atoms with E-state index in [0.29, 0.717) is 18.1 Å². The van der Waals surface area contributed by atoms with Gasteiger partial charge in [0.2, 0.25) is 5.96 Å². The van der Waals surface area contributed by atoms with Gasteiger partial charge in [0.25, 0.3) is 5.91 Å². The van der Waals surface area contributed by atoms with Gasteiger partial charge in [-0.05, 0) is 42.8 Å². The van der Waals surface area contributed by atoms with E-state index in [2.05, 4.69) is 26.5 Å². The fourth-order valence-corrected chi connectivity index (χ4v) is 3.27. The Morgan fingerprint density at radius 2 is 2.07 bits per heavy atom. The number of hydrogen-bond acceptors (Lipinski definition) is 4. The molecule has 1 heterocycles. The quantitative estimate of drug-likeness (QED) is 0.414. The molecule has 2 aromatic carbocycles. The summed E-state index contributed by atoms with van der Waals surface area (Å²) in [6.07, 6.45) is 0.516. The first-order valence-electron chi connectivity index (χ1n) is 9.61. The summed E-state index contributed by atoms with van der Waals surface area (Å²) in [4.78, 5) is 16.7. The SMILES string of the molecule is COC[C@H](C)N/C(=N/C(=O)c1cccc(F)c1)NC1CC(c2ccc(Cl)cc2)NN1. The molecular weight excluding hydrogens is 409 g/mol. The molecule has 0 aromatic heterocycles. The summed E-state index contributed by atoms with van der Waals surface area (Å²) in [5.41, 5.74) is 7.64. The summed E-state index contributed by atoms with van der Waals surface area (Å²) in [7, 11) is 1.60. The van der Waals surface area contributed by atoms with Crippen LogP contribution < -0.4 is 21.5 Å². The second kappa shape index (κ2) is 10.5. The lowest BCUT2D eigenvalue weighted by molar-refractivity contribution is 0.100. The molecule has 1 aliphatic heterocycles. The van der Waals surface area contributed by atoms with Gasteiger partial charge in [0.05, 0.1) is 12.8 Å². The molecule has 0 aliphatic carbocycles. The summed E-state index contributed by atoms with van der Waals surface area (Å²) in [6.45, 7) is 2.34. The maximum atomic E-state index is 13.5. The van der Waals surface area contributed by atoms with Crippen LogP contribution in [0.2, 0.25) is 5.02 Å². The van der Waals surface area contributed by atoms with E-state index in [1.165, 1.54) is 18.2 Å². The van der Waals surface area contributed by atoms with Crippen LogP contribution in [0.4, 0.5) is 4.39 Å². The monoisotopic (exact) mass is 433 g/mol. The van der Waals surface area contributed by atoms with Crippen LogP contribution in [0.25, 0.3) is 0 Å². The van der Waals surface area contributed by atoms with Crippen molar-refractivity contribution in [3.63, 3.8) is 0 Å². The predicted octanol–water partition coefficient (Wildman–Crippen LogP) is 2.75. The highest BCUT2D eigenvalue weighted by Gasteiger charge is 2.26. The van der Waals surface area contributed by atoms with Gasteiger partial charge in [-0.15, -0.1) is 0 Å². The van der Waals surface area contributed by atoms with Crippen molar-refractivity contribution in [2.75, 3.05) is 13.7 Å². The zero-order chi connectivity index (χ0) is 21.5. The third kappa shape index (κ3) is 6.24. The lowest BCUT2D eigenvalue weighted by atomic mass is 10.0. The van der Waals surface area contributed by atoms with Crippen LogP contribution in [-0.4, -0.2) is 37.8 Å². The Hall–Kier alpha value is -2.52. The third-order valence-electron chi connectivity index (χ3n) is 4.57. The number of methoxy groups -OCH3 is 1. The Balaban J connectivity index is 1.71. The molecular formula is C21H25ClFN5O2. The van der Waals surface area contributed by atoms with E-state index in [1.54, 1.807) is 7.11 Å². The molecule has 1 amide bonds. The van der Waals surface area contributed by atoms with Gasteiger partial charge in [-0.3, -0.25) is 4.79 Å². The zero-order valence-corrected chi connectivity index (χ0v) is 17.5. The van der Waals surface area contributed by atoms with Gasteiger partial charge >= 0.3 is 0 Å². The smallest absolute Gasteiger partial charge is 0.280 e. The molecule has 0 radical (unpaired) electrons. The molecule has 3 rings (SSSR count). The molecule has 0 saturated carbocycles. The Morgan fingerprint density at radius 1 is 1.30 bits per heavy atom. The number of hydrogen-bond donors (Lipinski definition) is 4. The second-order valence-corrected chi connectivity index (χ2v) is 7.54.